The van der Waals surface area contributed by atoms with E-state index in [1.165, 1.54) is 0 Å². The number of carbonyl (C=O) groups is 1. The topological polar surface area (TPSA) is 32.3 Å². The summed E-state index contributed by atoms with van der Waals surface area (Å²) in [6.45, 7) is 1.92. The minimum atomic E-state index is -0.0662. The number of anilines is 1. The maximum Gasteiger partial charge on any atom is 0.258 e. The molecule has 0 aliphatic carbocycles. The largest absolute Gasteiger partial charge is 0.381 e. The van der Waals surface area contributed by atoms with Crippen LogP contribution in [0.4, 0.5) is 5.69 Å². The first-order valence-corrected chi connectivity index (χ1v) is 5.38. The highest BCUT2D eigenvalue weighted by Gasteiger charge is 2.26. The second-order valence-electron chi connectivity index (χ2n) is 4.00. The number of hydrogen-bond donors (Lipinski definition) is 1. The Morgan fingerprint density at radius 1 is 1.38 bits per heavy atom. The normalized spacial score (nSPS) is 16.9. The van der Waals surface area contributed by atoms with Crippen molar-refractivity contribution in [1.82, 2.24) is 4.90 Å². The molecular formula is C12H13ClN2O. The highest BCUT2D eigenvalue weighted by Crippen LogP contribution is 2.35. The van der Waals surface area contributed by atoms with Gasteiger partial charge in [0.2, 0.25) is 0 Å². The van der Waals surface area contributed by atoms with Gasteiger partial charge in [0.15, 0.2) is 0 Å². The number of hydrogen-bond acceptors (Lipinski definition) is 2. The van der Waals surface area contributed by atoms with Crippen molar-refractivity contribution in [2.45, 2.75) is 6.92 Å². The Balaban J connectivity index is 2.63. The van der Waals surface area contributed by atoms with Crippen LogP contribution in [0.25, 0.3) is 5.57 Å². The molecule has 0 fully saturated rings. The number of nitrogens with zero attached hydrogens (tertiary/aromatic N) is 1. The van der Waals surface area contributed by atoms with Crippen molar-refractivity contribution in [2.24, 2.45) is 0 Å². The smallest absolute Gasteiger partial charge is 0.258 e. The number of rotatable bonds is 1. The summed E-state index contributed by atoms with van der Waals surface area (Å²) in [5, 5.41) is 3.47. The summed E-state index contributed by atoms with van der Waals surface area (Å²) in [6.07, 6.45) is 0. The van der Waals surface area contributed by atoms with E-state index in [0.29, 0.717) is 10.6 Å². The Labute approximate surface area is 99.7 Å². The van der Waals surface area contributed by atoms with Crippen LogP contribution in [0.2, 0.25) is 5.02 Å². The minimum absolute atomic E-state index is 0.0662. The average Bonchev–Trinajstić information content (AvgIpc) is 2.52. The SMILES string of the molecule is C/C(=C1/C(=O)Nc2ccc(Cl)cc21)N(C)C. The Hall–Kier alpha value is -1.48. The predicted molar refractivity (Wildman–Crippen MR) is 66.4 cm³/mol. The Morgan fingerprint density at radius 3 is 2.69 bits per heavy atom. The molecule has 0 bridgehead atoms. The van der Waals surface area contributed by atoms with Gasteiger partial charge in [0.25, 0.3) is 5.91 Å². The molecule has 3 nitrogen and oxygen atoms in total. The van der Waals surface area contributed by atoms with Gasteiger partial charge in [0.1, 0.15) is 0 Å². The summed E-state index contributed by atoms with van der Waals surface area (Å²) in [6, 6.07) is 5.41. The zero-order valence-corrected chi connectivity index (χ0v) is 10.2. The van der Waals surface area contributed by atoms with Crippen molar-refractivity contribution in [3.8, 4) is 0 Å². The molecule has 0 saturated carbocycles. The monoisotopic (exact) mass is 236 g/mol. The second-order valence-corrected chi connectivity index (χ2v) is 4.44. The van der Waals surface area contributed by atoms with E-state index in [1.807, 2.05) is 38.1 Å². The molecule has 0 spiro atoms. The van der Waals surface area contributed by atoms with Crippen molar-refractivity contribution in [2.75, 3.05) is 19.4 Å². The molecule has 2 rings (SSSR count). The number of carbonyl (C=O) groups excluding carboxylic acids is 1. The maximum absolute atomic E-state index is 11.8. The van der Waals surface area contributed by atoms with Crippen molar-refractivity contribution in [1.29, 1.82) is 0 Å². The van der Waals surface area contributed by atoms with E-state index in [1.54, 1.807) is 6.07 Å². The molecule has 16 heavy (non-hydrogen) atoms. The minimum Gasteiger partial charge on any atom is -0.381 e. The Kier molecular flexibility index (Phi) is 2.64. The molecule has 1 heterocycles. The molecule has 4 heteroatoms. The fraction of sp³-hybridized carbons (Fsp3) is 0.250. The highest BCUT2D eigenvalue weighted by atomic mass is 35.5. The van der Waals surface area contributed by atoms with E-state index in [4.69, 9.17) is 11.6 Å². The molecule has 0 unspecified atom stereocenters. The van der Waals surface area contributed by atoms with Crippen LogP contribution in [-0.2, 0) is 4.79 Å². The van der Waals surface area contributed by atoms with Gasteiger partial charge in [-0.3, -0.25) is 4.79 Å². The van der Waals surface area contributed by atoms with E-state index in [-0.39, 0.29) is 5.91 Å². The van der Waals surface area contributed by atoms with Gasteiger partial charge in [-0.05, 0) is 25.1 Å². The summed E-state index contributed by atoms with van der Waals surface area (Å²) in [7, 11) is 3.83. The molecule has 84 valence electrons. The standard InChI is InChI=1S/C12H13ClN2O/c1-7(15(2)3)11-9-6-8(13)4-5-10(9)14-12(11)16/h4-6H,1-3H3,(H,14,16)/b11-7-. The quantitative estimate of drug-likeness (QED) is 0.761. The molecule has 0 atom stereocenters. The zero-order chi connectivity index (χ0) is 11.9. The van der Waals surface area contributed by atoms with E-state index in [2.05, 4.69) is 5.32 Å². The molecule has 1 aromatic rings. The van der Waals surface area contributed by atoms with Crippen LogP contribution in [0, 0.1) is 0 Å². The van der Waals surface area contributed by atoms with Gasteiger partial charge in [-0.2, -0.15) is 0 Å². The van der Waals surface area contributed by atoms with Crippen molar-refractivity contribution in [3.63, 3.8) is 0 Å². The molecule has 1 N–H and O–H groups in total. The summed E-state index contributed by atoms with van der Waals surface area (Å²) in [5.74, 6) is -0.0662. The van der Waals surface area contributed by atoms with Crippen LogP contribution in [0.1, 0.15) is 12.5 Å². The molecule has 1 aliphatic heterocycles. The van der Waals surface area contributed by atoms with Crippen LogP contribution < -0.4 is 5.32 Å². The third kappa shape index (κ3) is 1.67. The van der Waals surface area contributed by atoms with E-state index >= 15 is 0 Å². The predicted octanol–water partition coefficient (Wildman–Crippen LogP) is 2.58. The van der Waals surface area contributed by atoms with E-state index in [0.717, 1.165) is 16.9 Å². The molecule has 1 aromatic carbocycles. The van der Waals surface area contributed by atoms with Gasteiger partial charge in [0, 0.05) is 36.1 Å². The second kappa shape index (κ2) is 3.83. The lowest BCUT2D eigenvalue weighted by molar-refractivity contribution is -0.110. The number of benzene rings is 1. The average molecular weight is 237 g/mol. The first-order chi connectivity index (χ1) is 7.50. The van der Waals surface area contributed by atoms with E-state index in [9.17, 15) is 4.79 Å². The third-order valence-corrected chi connectivity index (χ3v) is 2.99. The van der Waals surface area contributed by atoms with Crippen LogP contribution in [0.15, 0.2) is 23.9 Å². The summed E-state index contributed by atoms with van der Waals surface area (Å²) in [5.41, 5.74) is 3.33. The number of allylic oxidation sites excluding steroid dienone is 1. The molecule has 1 aliphatic rings. The lowest BCUT2D eigenvalue weighted by Gasteiger charge is -2.15. The summed E-state index contributed by atoms with van der Waals surface area (Å²) >= 11 is 5.95. The van der Waals surface area contributed by atoms with E-state index < -0.39 is 0 Å². The highest BCUT2D eigenvalue weighted by molar-refractivity contribution is 6.34. The van der Waals surface area contributed by atoms with Crippen molar-refractivity contribution >= 4 is 28.8 Å². The van der Waals surface area contributed by atoms with Gasteiger partial charge in [-0.25, -0.2) is 0 Å². The van der Waals surface area contributed by atoms with Crippen molar-refractivity contribution < 1.29 is 4.79 Å². The van der Waals surface area contributed by atoms with Gasteiger partial charge in [-0.15, -0.1) is 0 Å². The lowest BCUT2D eigenvalue weighted by atomic mass is 10.1. The van der Waals surface area contributed by atoms with Crippen LogP contribution in [0.3, 0.4) is 0 Å². The number of amides is 1. The fourth-order valence-electron chi connectivity index (χ4n) is 1.72. The maximum atomic E-state index is 11.8. The molecule has 0 aromatic heterocycles. The van der Waals surface area contributed by atoms with Gasteiger partial charge >= 0.3 is 0 Å². The molecule has 0 saturated heterocycles. The number of halogens is 1. The first kappa shape index (κ1) is 11.0. The number of nitrogens with one attached hydrogen (secondary N) is 1. The van der Waals surface area contributed by atoms with Crippen LogP contribution in [0.5, 0.6) is 0 Å². The number of fused-ring (bicyclic) bond motifs is 1. The van der Waals surface area contributed by atoms with Gasteiger partial charge in [0.05, 0.1) is 5.57 Å². The van der Waals surface area contributed by atoms with Gasteiger partial charge in [-0.1, -0.05) is 11.6 Å². The molecular weight excluding hydrogens is 224 g/mol. The Morgan fingerprint density at radius 2 is 2.06 bits per heavy atom. The zero-order valence-electron chi connectivity index (χ0n) is 9.47. The van der Waals surface area contributed by atoms with Crippen LogP contribution in [-0.4, -0.2) is 24.9 Å². The van der Waals surface area contributed by atoms with Crippen LogP contribution >= 0.6 is 11.6 Å². The molecule has 0 radical (unpaired) electrons. The van der Waals surface area contributed by atoms with Gasteiger partial charge < -0.3 is 10.2 Å². The summed E-state index contributed by atoms with van der Waals surface area (Å²) in [4.78, 5) is 13.8. The first-order valence-electron chi connectivity index (χ1n) is 5.00. The van der Waals surface area contributed by atoms with Crippen molar-refractivity contribution in [3.05, 3.63) is 34.5 Å². The lowest BCUT2D eigenvalue weighted by Crippen LogP contribution is -2.14. The molecule has 1 amide bonds. The Bertz CT molecular complexity index is 492. The third-order valence-electron chi connectivity index (χ3n) is 2.76. The summed E-state index contributed by atoms with van der Waals surface area (Å²) < 4.78 is 0. The fourth-order valence-corrected chi connectivity index (χ4v) is 1.89.